The number of ether oxygens (including phenoxy) is 3. The Labute approximate surface area is 208 Å². The first-order chi connectivity index (χ1) is 17.1. The maximum Gasteiger partial charge on any atom is 0.262 e. The number of amides is 1. The van der Waals surface area contributed by atoms with Gasteiger partial charge in [0, 0.05) is 19.7 Å². The van der Waals surface area contributed by atoms with Crippen LogP contribution < -0.4 is 15.0 Å². The van der Waals surface area contributed by atoms with E-state index in [0.29, 0.717) is 61.3 Å². The molecule has 0 aliphatic carbocycles. The Morgan fingerprint density at radius 2 is 1.97 bits per heavy atom. The fourth-order valence-corrected chi connectivity index (χ4v) is 5.32. The predicted octanol–water partition coefficient (Wildman–Crippen LogP) is 3.49. The number of hydrogen-bond donors (Lipinski definition) is 0. The summed E-state index contributed by atoms with van der Waals surface area (Å²) in [5.74, 6) is 1.62. The molecule has 35 heavy (non-hydrogen) atoms. The lowest BCUT2D eigenvalue weighted by atomic mass is 10.2. The van der Waals surface area contributed by atoms with Crippen molar-refractivity contribution in [3.05, 3.63) is 58.4 Å². The van der Waals surface area contributed by atoms with Crippen molar-refractivity contribution in [1.29, 1.82) is 0 Å². The molecule has 0 N–H and O–H groups in total. The zero-order valence-corrected chi connectivity index (χ0v) is 20.6. The summed E-state index contributed by atoms with van der Waals surface area (Å²) >= 11 is 1.31. The Bertz CT molecular complexity index is 1270. The van der Waals surface area contributed by atoms with Crippen molar-refractivity contribution in [2.75, 3.05) is 32.1 Å². The van der Waals surface area contributed by atoms with Crippen LogP contribution in [0.4, 0.5) is 0 Å². The first-order valence-electron chi connectivity index (χ1n) is 12.0. The zero-order valence-electron chi connectivity index (χ0n) is 19.8. The summed E-state index contributed by atoms with van der Waals surface area (Å²) < 4.78 is 18.7. The molecule has 1 saturated heterocycles. The molecule has 2 aliphatic heterocycles. The Balaban J connectivity index is 1.32. The van der Waals surface area contributed by atoms with E-state index in [2.05, 4.69) is 0 Å². The highest BCUT2D eigenvalue weighted by Crippen LogP contribution is 2.31. The van der Waals surface area contributed by atoms with E-state index >= 15 is 0 Å². The highest BCUT2D eigenvalue weighted by Gasteiger charge is 2.22. The quantitative estimate of drug-likeness (QED) is 0.349. The third kappa shape index (κ3) is 5.31. The third-order valence-electron chi connectivity index (χ3n) is 6.28. The lowest BCUT2D eigenvalue weighted by Gasteiger charge is -2.23. The van der Waals surface area contributed by atoms with Gasteiger partial charge in [-0.1, -0.05) is 30.0 Å². The molecule has 5 rings (SSSR count). The van der Waals surface area contributed by atoms with Crippen molar-refractivity contribution in [1.82, 2.24) is 14.5 Å². The Kier molecular flexibility index (Phi) is 7.24. The van der Waals surface area contributed by atoms with Crippen molar-refractivity contribution in [2.24, 2.45) is 0 Å². The molecule has 1 fully saturated rings. The predicted molar refractivity (Wildman–Crippen MR) is 134 cm³/mol. The topological polar surface area (TPSA) is 82.9 Å². The van der Waals surface area contributed by atoms with Gasteiger partial charge in [0.15, 0.2) is 16.7 Å². The number of rotatable bonds is 8. The average molecular weight is 496 g/mol. The fraction of sp³-hybridized carbons (Fsp3) is 0.423. The minimum atomic E-state index is -0.0929. The molecule has 0 spiro atoms. The summed E-state index contributed by atoms with van der Waals surface area (Å²) in [6.07, 6.45) is 1.90. The van der Waals surface area contributed by atoms with Gasteiger partial charge in [0.2, 0.25) is 5.91 Å². The standard InChI is InChI=1S/C26H29N3O5S/c1-2-28(15-18-9-10-22-23(14-18)34-13-12-33-22)24(30)17-35-26-27-21-8-4-3-7-20(21)25(31)29(26)16-19-6-5-11-32-19/h3-4,7-10,14,19H,2,5-6,11-13,15-17H2,1H3. The Hall–Kier alpha value is -3.04. The van der Waals surface area contributed by atoms with E-state index in [-0.39, 0.29) is 23.3 Å². The summed E-state index contributed by atoms with van der Waals surface area (Å²) in [5, 5.41) is 1.13. The van der Waals surface area contributed by atoms with Gasteiger partial charge < -0.3 is 19.1 Å². The van der Waals surface area contributed by atoms with Gasteiger partial charge in [-0.3, -0.25) is 14.2 Å². The lowest BCUT2D eigenvalue weighted by molar-refractivity contribution is -0.128. The minimum absolute atomic E-state index is 0.00642. The summed E-state index contributed by atoms with van der Waals surface area (Å²) in [6, 6.07) is 13.1. The summed E-state index contributed by atoms with van der Waals surface area (Å²) in [7, 11) is 0. The summed E-state index contributed by atoms with van der Waals surface area (Å²) in [6.45, 7) is 5.23. The first kappa shape index (κ1) is 23.7. The molecular weight excluding hydrogens is 466 g/mol. The second kappa shape index (κ2) is 10.7. The van der Waals surface area contributed by atoms with Gasteiger partial charge in [-0.05, 0) is 49.6 Å². The first-order valence-corrected chi connectivity index (χ1v) is 13.0. The van der Waals surface area contributed by atoms with E-state index in [4.69, 9.17) is 19.2 Å². The van der Waals surface area contributed by atoms with Gasteiger partial charge >= 0.3 is 0 Å². The number of carbonyl (C=O) groups is 1. The van der Waals surface area contributed by atoms with Crippen molar-refractivity contribution < 1.29 is 19.0 Å². The van der Waals surface area contributed by atoms with E-state index in [1.807, 2.05) is 43.3 Å². The van der Waals surface area contributed by atoms with Crippen LogP contribution in [0.1, 0.15) is 25.3 Å². The van der Waals surface area contributed by atoms with Gasteiger partial charge in [0.05, 0.1) is 29.3 Å². The van der Waals surface area contributed by atoms with Crippen LogP contribution in [0, 0.1) is 0 Å². The van der Waals surface area contributed by atoms with Gasteiger partial charge in [0.25, 0.3) is 5.56 Å². The molecule has 3 heterocycles. The zero-order chi connectivity index (χ0) is 24.2. The molecule has 1 amide bonds. The summed E-state index contributed by atoms with van der Waals surface area (Å²) in [4.78, 5) is 33.0. The average Bonchev–Trinajstić information content (AvgIpc) is 3.41. The molecule has 2 aromatic carbocycles. The molecule has 1 atom stereocenters. The SMILES string of the molecule is CCN(Cc1ccc2c(c1)OCCO2)C(=O)CSc1nc2ccccc2c(=O)n1CC1CCCO1. The third-order valence-corrected chi connectivity index (χ3v) is 7.24. The van der Waals surface area contributed by atoms with Crippen molar-refractivity contribution in [3.8, 4) is 11.5 Å². The van der Waals surface area contributed by atoms with Gasteiger partial charge in [-0.15, -0.1) is 0 Å². The number of carbonyl (C=O) groups excluding carboxylic acids is 1. The van der Waals surface area contributed by atoms with Crippen LogP contribution >= 0.6 is 11.8 Å². The van der Waals surface area contributed by atoms with E-state index in [1.165, 1.54) is 11.8 Å². The van der Waals surface area contributed by atoms with E-state index in [1.54, 1.807) is 15.5 Å². The van der Waals surface area contributed by atoms with Crippen LogP contribution in [0.5, 0.6) is 11.5 Å². The number of thioether (sulfide) groups is 1. The number of hydrogen-bond acceptors (Lipinski definition) is 7. The van der Waals surface area contributed by atoms with Crippen LogP contribution in [-0.2, 0) is 22.6 Å². The number of aromatic nitrogens is 2. The molecule has 9 heteroatoms. The Morgan fingerprint density at radius 3 is 2.77 bits per heavy atom. The maximum absolute atomic E-state index is 13.3. The molecule has 1 aromatic heterocycles. The number of fused-ring (bicyclic) bond motifs is 2. The van der Waals surface area contributed by atoms with E-state index in [0.717, 1.165) is 24.2 Å². The van der Waals surface area contributed by atoms with Crippen LogP contribution in [0.15, 0.2) is 52.4 Å². The van der Waals surface area contributed by atoms with Gasteiger partial charge in [-0.2, -0.15) is 0 Å². The van der Waals surface area contributed by atoms with Crippen LogP contribution in [0.2, 0.25) is 0 Å². The fourth-order valence-electron chi connectivity index (χ4n) is 4.41. The van der Waals surface area contributed by atoms with Crippen molar-refractivity contribution >= 4 is 28.6 Å². The molecule has 1 unspecified atom stereocenters. The molecule has 8 nitrogen and oxygen atoms in total. The van der Waals surface area contributed by atoms with Crippen molar-refractivity contribution in [3.63, 3.8) is 0 Å². The number of para-hydroxylation sites is 1. The number of nitrogens with zero attached hydrogens (tertiary/aromatic N) is 3. The largest absolute Gasteiger partial charge is 0.486 e. The molecular formula is C26H29N3O5S. The highest BCUT2D eigenvalue weighted by atomic mass is 32.2. The summed E-state index contributed by atoms with van der Waals surface area (Å²) in [5.41, 5.74) is 1.53. The smallest absolute Gasteiger partial charge is 0.262 e. The van der Waals surface area contributed by atoms with E-state index < -0.39 is 0 Å². The van der Waals surface area contributed by atoms with Crippen molar-refractivity contribution in [2.45, 2.75) is 44.1 Å². The minimum Gasteiger partial charge on any atom is -0.486 e. The van der Waals surface area contributed by atoms with E-state index in [9.17, 15) is 9.59 Å². The molecule has 3 aromatic rings. The molecule has 0 bridgehead atoms. The maximum atomic E-state index is 13.3. The monoisotopic (exact) mass is 495 g/mol. The van der Waals surface area contributed by atoms with Crippen LogP contribution in [0.3, 0.4) is 0 Å². The molecule has 0 radical (unpaired) electrons. The second-order valence-electron chi connectivity index (χ2n) is 8.64. The second-order valence-corrected chi connectivity index (χ2v) is 9.58. The Morgan fingerprint density at radius 1 is 1.14 bits per heavy atom. The van der Waals surface area contributed by atoms with Gasteiger partial charge in [0.1, 0.15) is 13.2 Å². The molecule has 0 saturated carbocycles. The van der Waals surface area contributed by atoms with Crippen LogP contribution in [-0.4, -0.2) is 58.6 Å². The normalized spacial score (nSPS) is 17.0. The number of benzene rings is 2. The van der Waals surface area contributed by atoms with Crippen LogP contribution in [0.25, 0.3) is 10.9 Å². The molecule has 184 valence electrons. The lowest BCUT2D eigenvalue weighted by Crippen LogP contribution is -2.33. The molecule has 2 aliphatic rings. The highest BCUT2D eigenvalue weighted by molar-refractivity contribution is 7.99. The van der Waals surface area contributed by atoms with Gasteiger partial charge in [-0.25, -0.2) is 4.98 Å².